The standard InChI is InChI=1S/C10H12N4O4S/c15-8(5-18-6-9-2-1-3-19-9)4-13-7-11-10(12-13)14(16)17/h1-3,7-8,15H,4-6H2/t8-/m0/s1. The van der Waals surface area contributed by atoms with E-state index in [4.69, 9.17) is 4.74 Å². The Morgan fingerprint density at radius 3 is 3.11 bits per heavy atom. The number of thiophene rings is 1. The van der Waals surface area contributed by atoms with E-state index in [9.17, 15) is 15.2 Å². The van der Waals surface area contributed by atoms with Gasteiger partial charge in [-0.05, 0) is 16.4 Å². The summed E-state index contributed by atoms with van der Waals surface area (Å²) in [5, 5.41) is 25.6. The van der Waals surface area contributed by atoms with E-state index in [2.05, 4.69) is 10.1 Å². The van der Waals surface area contributed by atoms with Gasteiger partial charge in [0, 0.05) is 9.98 Å². The number of nitrogens with zero attached hydrogens (tertiary/aromatic N) is 4. The van der Waals surface area contributed by atoms with Gasteiger partial charge in [0.25, 0.3) is 0 Å². The highest BCUT2D eigenvalue weighted by Crippen LogP contribution is 2.09. The Bertz CT molecular complexity index is 527. The van der Waals surface area contributed by atoms with E-state index in [1.165, 1.54) is 11.0 Å². The SMILES string of the molecule is O=[N+]([O-])c1ncn(C[C@H](O)COCc2cccs2)n1. The van der Waals surface area contributed by atoms with Crippen LogP contribution < -0.4 is 0 Å². The average Bonchev–Trinajstić information content (AvgIpc) is 3.00. The lowest BCUT2D eigenvalue weighted by atomic mass is 10.4. The lowest BCUT2D eigenvalue weighted by Crippen LogP contribution is -2.22. The van der Waals surface area contributed by atoms with E-state index in [1.807, 2.05) is 17.5 Å². The van der Waals surface area contributed by atoms with Crippen LogP contribution in [0.3, 0.4) is 0 Å². The van der Waals surface area contributed by atoms with Crippen LogP contribution in [0.15, 0.2) is 23.8 Å². The Morgan fingerprint density at radius 1 is 1.63 bits per heavy atom. The number of rotatable bonds is 7. The van der Waals surface area contributed by atoms with Crippen LogP contribution in [0, 0.1) is 10.1 Å². The summed E-state index contributed by atoms with van der Waals surface area (Å²) in [6.07, 6.45) is 0.418. The molecule has 0 fully saturated rings. The van der Waals surface area contributed by atoms with Crippen LogP contribution in [0.5, 0.6) is 0 Å². The van der Waals surface area contributed by atoms with Crippen LogP contribution >= 0.6 is 11.3 Å². The van der Waals surface area contributed by atoms with Gasteiger partial charge in [0.1, 0.15) is 0 Å². The van der Waals surface area contributed by atoms with Gasteiger partial charge >= 0.3 is 5.95 Å². The van der Waals surface area contributed by atoms with Crippen molar-refractivity contribution in [3.8, 4) is 0 Å². The summed E-state index contributed by atoms with van der Waals surface area (Å²) in [5.41, 5.74) is 0. The molecular formula is C10H12N4O4S. The molecule has 2 aromatic rings. The minimum Gasteiger partial charge on any atom is -0.390 e. The largest absolute Gasteiger partial charge is 0.490 e. The van der Waals surface area contributed by atoms with Crippen molar-refractivity contribution in [3.05, 3.63) is 38.8 Å². The summed E-state index contributed by atoms with van der Waals surface area (Å²) in [4.78, 5) is 14.3. The van der Waals surface area contributed by atoms with E-state index >= 15 is 0 Å². The molecule has 0 bridgehead atoms. The van der Waals surface area contributed by atoms with Crippen LogP contribution in [0.25, 0.3) is 0 Å². The molecule has 0 radical (unpaired) electrons. The Labute approximate surface area is 112 Å². The summed E-state index contributed by atoms with van der Waals surface area (Å²) in [6, 6.07) is 3.87. The quantitative estimate of drug-likeness (QED) is 0.596. The number of ether oxygens (including phenoxy) is 1. The van der Waals surface area contributed by atoms with Crippen LogP contribution in [0.1, 0.15) is 4.88 Å². The second kappa shape index (κ2) is 6.36. The normalized spacial score (nSPS) is 12.5. The number of hydrogen-bond acceptors (Lipinski definition) is 7. The molecule has 8 nitrogen and oxygen atoms in total. The molecule has 1 atom stereocenters. The number of aromatic nitrogens is 3. The summed E-state index contributed by atoms with van der Waals surface area (Å²) < 4.78 is 6.55. The maximum atomic E-state index is 10.4. The average molecular weight is 284 g/mol. The van der Waals surface area contributed by atoms with Crippen LogP contribution in [0.2, 0.25) is 0 Å². The molecular weight excluding hydrogens is 272 g/mol. The highest BCUT2D eigenvalue weighted by Gasteiger charge is 2.15. The summed E-state index contributed by atoms with van der Waals surface area (Å²) in [7, 11) is 0. The Kier molecular flexibility index (Phi) is 4.55. The molecule has 2 aromatic heterocycles. The van der Waals surface area contributed by atoms with Crippen molar-refractivity contribution >= 4 is 17.3 Å². The minimum atomic E-state index is -0.790. The van der Waals surface area contributed by atoms with Gasteiger partial charge in [-0.2, -0.15) is 4.68 Å². The molecule has 1 N–H and O–H groups in total. The molecule has 0 spiro atoms. The van der Waals surface area contributed by atoms with Crippen LogP contribution in [-0.2, 0) is 17.9 Å². The number of nitro groups is 1. The molecule has 0 aliphatic heterocycles. The van der Waals surface area contributed by atoms with Gasteiger partial charge in [-0.3, -0.25) is 0 Å². The molecule has 0 unspecified atom stereocenters. The van der Waals surface area contributed by atoms with E-state index in [-0.39, 0.29) is 13.2 Å². The van der Waals surface area contributed by atoms with Crippen molar-refractivity contribution in [2.45, 2.75) is 19.3 Å². The number of aliphatic hydroxyl groups is 1. The van der Waals surface area contributed by atoms with E-state index in [1.54, 1.807) is 11.3 Å². The second-order valence-corrected chi connectivity index (χ2v) is 4.80. The zero-order valence-corrected chi connectivity index (χ0v) is 10.7. The molecule has 2 heterocycles. The van der Waals surface area contributed by atoms with Gasteiger partial charge in [-0.15, -0.1) is 11.3 Å². The topological polar surface area (TPSA) is 103 Å². The van der Waals surface area contributed by atoms with E-state index in [0.717, 1.165) is 4.88 Å². The fourth-order valence-corrected chi connectivity index (χ4v) is 2.06. The Morgan fingerprint density at radius 2 is 2.47 bits per heavy atom. The van der Waals surface area contributed by atoms with Crippen molar-refractivity contribution in [2.75, 3.05) is 6.61 Å². The maximum absolute atomic E-state index is 10.4. The van der Waals surface area contributed by atoms with Crippen molar-refractivity contribution in [1.29, 1.82) is 0 Å². The summed E-state index contributed by atoms with van der Waals surface area (Å²) in [5.74, 6) is -0.480. The fourth-order valence-electron chi connectivity index (χ4n) is 1.42. The Hall–Kier alpha value is -1.84. The molecule has 9 heteroatoms. The first-order valence-corrected chi connectivity index (χ1v) is 6.35. The number of aliphatic hydroxyl groups excluding tert-OH is 1. The van der Waals surface area contributed by atoms with Crippen molar-refractivity contribution in [2.24, 2.45) is 0 Å². The second-order valence-electron chi connectivity index (χ2n) is 3.77. The van der Waals surface area contributed by atoms with Gasteiger partial charge < -0.3 is 20.0 Å². The summed E-state index contributed by atoms with van der Waals surface area (Å²) >= 11 is 1.58. The molecule has 102 valence electrons. The predicted molar refractivity (Wildman–Crippen MR) is 66.7 cm³/mol. The predicted octanol–water partition coefficient (Wildman–Crippen LogP) is 0.826. The van der Waals surface area contributed by atoms with Crippen LogP contribution in [0.4, 0.5) is 5.95 Å². The first kappa shape index (κ1) is 13.6. The molecule has 19 heavy (non-hydrogen) atoms. The zero-order valence-electron chi connectivity index (χ0n) is 9.88. The highest BCUT2D eigenvalue weighted by molar-refractivity contribution is 7.09. The first-order valence-electron chi connectivity index (χ1n) is 5.47. The van der Waals surface area contributed by atoms with Gasteiger partial charge in [-0.1, -0.05) is 11.1 Å². The Balaban J connectivity index is 1.74. The highest BCUT2D eigenvalue weighted by atomic mass is 32.1. The fraction of sp³-hybridized carbons (Fsp3) is 0.400. The maximum Gasteiger partial charge on any atom is 0.490 e. The molecule has 2 rings (SSSR count). The van der Waals surface area contributed by atoms with Crippen LogP contribution in [-0.4, -0.2) is 37.5 Å². The third-order valence-electron chi connectivity index (χ3n) is 2.22. The summed E-state index contributed by atoms with van der Waals surface area (Å²) in [6.45, 7) is 0.670. The van der Waals surface area contributed by atoms with Crippen molar-refractivity contribution < 1.29 is 14.8 Å². The molecule has 0 saturated heterocycles. The third kappa shape index (κ3) is 4.09. The molecule has 0 aliphatic carbocycles. The lowest BCUT2D eigenvalue weighted by Gasteiger charge is -2.08. The minimum absolute atomic E-state index is 0.102. The molecule has 0 aromatic carbocycles. The smallest absolute Gasteiger partial charge is 0.390 e. The van der Waals surface area contributed by atoms with Gasteiger partial charge in [0.2, 0.25) is 6.33 Å². The van der Waals surface area contributed by atoms with Gasteiger partial charge in [-0.25, -0.2) is 0 Å². The number of hydrogen-bond donors (Lipinski definition) is 1. The van der Waals surface area contributed by atoms with E-state index in [0.29, 0.717) is 6.61 Å². The van der Waals surface area contributed by atoms with E-state index < -0.39 is 17.0 Å². The molecule has 0 saturated carbocycles. The first-order chi connectivity index (χ1) is 9.15. The van der Waals surface area contributed by atoms with Crippen molar-refractivity contribution in [1.82, 2.24) is 14.8 Å². The van der Waals surface area contributed by atoms with Crippen molar-refractivity contribution in [3.63, 3.8) is 0 Å². The zero-order chi connectivity index (χ0) is 13.7. The monoisotopic (exact) mass is 284 g/mol. The van der Waals surface area contributed by atoms with Gasteiger partial charge in [0.15, 0.2) is 0 Å². The molecule has 0 aliphatic rings. The molecule has 0 amide bonds. The lowest BCUT2D eigenvalue weighted by molar-refractivity contribution is -0.394. The van der Waals surface area contributed by atoms with Gasteiger partial charge in [0.05, 0.1) is 25.9 Å². The third-order valence-corrected chi connectivity index (χ3v) is 3.07.